The van der Waals surface area contributed by atoms with Crippen molar-refractivity contribution in [3.05, 3.63) is 24.3 Å². The van der Waals surface area contributed by atoms with Gasteiger partial charge < -0.3 is 15.2 Å². The topological polar surface area (TPSA) is 75.6 Å². The number of aliphatic hydroxyl groups is 1. The van der Waals surface area contributed by atoms with E-state index in [9.17, 15) is 8.42 Å². The number of rotatable bonds is 7. The third-order valence-electron chi connectivity index (χ3n) is 2.72. The maximum atomic E-state index is 12.1. The van der Waals surface area contributed by atoms with Crippen LogP contribution in [0.5, 0.6) is 5.75 Å². The highest BCUT2D eigenvalue weighted by Crippen LogP contribution is 2.17. The van der Waals surface area contributed by atoms with Gasteiger partial charge in [0.15, 0.2) is 9.84 Å². The van der Waals surface area contributed by atoms with Crippen LogP contribution in [-0.2, 0) is 9.84 Å². The van der Waals surface area contributed by atoms with Gasteiger partial charge in [0, 0.05) is 12.6 Å². The van der Waals surface area contributed by atoms with Crippen molar-refractivity contribution in [2.24, 2.45) is 0 Å². The van der Waals surface area contributed by atoms with Gasteiger partial charge in [-0.3, -0.25) is 0 Å². The monoisotopic (exact) mass is 273 g/mol. The molecule has 0 bridgehead atoms. The van der Waals surface area contributed by atoms with Crippen LogP contribution in [0.3, 0.4) is 0 Å². The Morgan fingerprint density at radius 1 is 1.33 bits per heavy atom. The summed E-state index contributed by atoms with van der Waals surface area (Å²) in [4.78, 5) is 0.265. The van der Waals surface area contributed by atoms with Crippen LogP contribution in [0.25, 0.3) is 0 Å². The van der Waals surface area contributed by atoms with Crippen molar-refractivity contribution in [1.82, 2.24) is 5.32 Å². The summed E-state index contributed by atoms with van der Waals surface area (Å²) in [7, 11) is -0.134. The van der Waals surface area contributed by atoms with Crippen LogP contribution < -0.4 is 10.1 Å². The number of methoxy groups -OCH3 is 1. The van der Waals surface area contributed by atoms with Crippen LogP contribution in [0.1, 0.15) is 6.42 Å². The standard InChI is InChI=1S/C12H19NO4S/c1-13-10(7-8-14)9-18(15,16)12-5-3-11(17-2)4-6-12/h3-6,10,13-14H,7-9H2,1-2H3. The average molecular weight is 273 g/mol. The second kappa shape index (κ2) is 6.72. The third kappa shape index (κ3) is 3.97. The average Bonchev–Trinajstić information content (AvgIpc) is 2.38. The minimum atomic E-state index is -3.35. The fraction of sp³-hybridized carbons (Fsp3) is 0.500. The molecule has 2 N–H and O–H groups in total. The number of benzene rings is 1. The fourth-order valence-corrected chi connectivity index (χ4v) is 3.22. The number of hydrogen-bond donors (Lipinski definition) is 2. The van der Waals surface area contributed by atoms with Crippen molar-refractivity contribution in [3.8, 4) is 5.75 Å². The maximum absolute atomic E-state index is 12.1. The molecule has 5 nitrogen and oxygen atoms in total. The molecule has 0 amide bonds. The van der Waals surface area contributed by atoms with Gasteiger partial charge >= 0.3 is 0 Å². The molecule has 0 radical (unpaired) electrons. The normalized spacial score (nSPS) is 13.3. The molecule has 0 aliphatic rings. The van der Waals surface area contributed by atoms with Gasteiger partial charge in [-0.2, -0.15) is 0 Å². The molecule has 0 heterocycles. The Morgan fingerprint density at radius 3 is 2.39 bits per heavy atom. The summed E-state index contributed by atoms with van der Waals surface area (Å²) < 4.78 is 29.2. The quantitative estimate of drug-likeness (QED) is 0.754. The van der Waals surface area contributed by atoms with Crippen molar-refractivity contribution >= 4 is 9.84 Å². The zero-order chi connectivity index (χ0) is 13.6. The first-order chi connectivity index (χ1) is 8.53. The van der Waals surface area contributed by atoms with Gasteiger partial charge in [-0.25, -0.2) is 8.42 Å². The second-order valence-electron chi connectivity index (χ2n) is 3.95. The van der Waals surface area contributed by atoms with Crippen LogP contribution in [0, 0.1) is 0 Å². The highest BCUT2D eigenvalue weighted by Gasteiger charge is 2.19. The molecule has 102 valence electrons. The van der Waals surface area contributed by atoms with E-state index >= 15 is 0 Å². The Labute approximate surface area is 108 Å². The number of sulfone groups is 1. The van der Waals surface area contributed by atoms with Gasteiger partial charge in [-0.1, -0.05) is 0 Å². The minimum absolute atomic E-state index is 0.0314. The molecule has 1 aromatic carbocycles. The Hall–Kier alpha value is -1.11. The van der Waals surface area contributed by atoms with Crippen LogP contribution in [0.2, 0.25) is 0 Å². The molecule has 6 heteroatoms. The lowest BCUT2D eigenvalue weighted by molar-refractivity contribution is 0.272. The SMILES string of the molecule is CNC(CCO)CS(=O)(=O)c1ccc(OC)cc1. The van der Waals surface area contributed by atoms with Gasteiger partial charge in [0.25, 0.3) is 0 Å². The summed E-state index contributed by atoms with van der Waals surface area (Å²) in [5, 5.41) is 11.7. The Bertz CT molecular complexity index is 455. The highest BCUT2D eigenvalue weighted by molar-refractivity contribution is 7.91. The molecule has 0 fully saturated rings. The van der Waals surface area contributed by atoms with Gasteiger partial charge in [0.2, 0.25) is 0 Å². The molecule has 0 spiro atoms. The first kappa shape index (κ1) is 14.9. The summed E-state index contributed by atoms with van der Waals surface area (Å²) in [6.45, 7) is -0.0381. The predicted octanol–water partition coefficient (Wildman–Crippen LogP) is 0.439. The minimum Gasteiger partial charge on any atom is -0.497 e. The van der Waals surface area contributed by atoms with E-state index in [1.807, 2.05) is 0 Å². The highest BCUT2D eigenvalue weighted by atomic mass is 32.2. The van der Waals surface area contributed by atoms with Crippen molar-refractivity contribution in [2.45, 2.75) is 17.4 Å². The van der Waals surface area contributed by atoms with E-state index in [-0.39, 0.29) is 23.3 Å². The Morgan fingerprint density at radius 2 is 1.94 bits per heavy atom. The molecule has 1 aromatic rings. The Kier molecular flexibility index (Phi) is 5.58. The first-order valence-electron chi connectivity index (χ1n) is 5.68. The zero-order valence-corrected chi connectivity index (χ0v) is 11.4. The van der Waals surface area contributed by atoms with E-state index in [4.69, 9.17) is 9.84 Å². The summed E-state index contributed by atoms with van der Waals surface area (Å²) in [6.07, 6.45) is 0.409. The number of aliphatic hydroxyl groups excluding tert-OH is 1. The summed E-state index contributed by atoms with van der Waals surface area (Å²) in [5.74, 6) is 0.589. The van der Waals surface area contributed by atoms with Crippen molar-refractivity contribution < 1.29 is 18.3 Å². The molecule has 0 aliphatic heterocycles. The lowest BCUT2D eigenvalue weighted by Gasteiger charge is -2.15. The second-order valence-corrected chi connectivity index (χ2v) is 5.99. The maximum Gasteiger partial charge on any atom is 0.179 e. The van der Waals surface area contributed by atoms with Crippen LogP contribution in [0.15, 0.2) is 29.2 Å². The van der Waals surface area contributed by atoms with E-state index in [0.717, 1.165) is 0 Å². The summed E-state index contributed by atoms with van der Waals surface area (Å²) >= 11 is 0. The van der Waals surface area contributed by atoms with Crippen molar-refractivity contribution in [1.29, 1.82) is 0 Å². The molecule has 0 aliphatic carbocycles. The van der Waals surface area contributed by atoms with Gasteiger partial charge in [-0.15, -0.1) is 0 Å². The van der Waals surface area contributed by atoms with Crippen molar-refractivity contribution in [2.75, 3.05) is 26.5 Å². The Balaban J connectivity index is 2.84. The summed E-state index contributed by atoms with van der Waals surface area (Å²) in [5.41, 5.74) is 0. The molecule has 1 atom stereocenters. The number of nitrogens with one attached hydrogen (secondary N) is 1. The molecule has 1 unspecified atom stereocenters. The molecular formula is C12H19NO4S. The molecule has 0 saturated heterocycles. The molecule has 1 rings (SSSR count). The van der Waals surface area contributed by atoms with E-state index in [0.29, 0.717) is 12.2 Å². The van der Waals surface area contributed by atoms with Crippen LogP contribution >= 0.6 is 0 Å². The van der Waals surface area contributed by atoms with Gasteiger partial charge in [0.05, 0.1) is 17.8 Å². The predicted molar refractivity (Wildman–Crippen MR) is 69.6 cm³/mol. The lowest BCUT2D eigenvalue weighted by atomic mass is 10.2. The van der Waals surface area contributed by atoms with Crippen molar-refractivity contribution in [3.63, 3.8) is 0 Å². The van der Waals surface area contributed by atoms with Crippen LogP contribution in [-0.4, -0.2) is 46.1 Å². The molecule has 18 heavy (non-hydrogen) atoms. The molecule has 0 saturated carbocycles. The lowest BCUT2D eigenvalue weighted by Crippen LogP contribution is -2.33. The first-order valence-corrected chi connectivity index (χ1v) is 7.33. The fourth-order valence-electron chi connectivity index (χ4n) is 1.61. The third-order valence-corrected chi connectivity index (χ3v) is 4.56. The van der Waals surface area contributed by atoms with Gasteiger partial charge in [0.1, 0.15) is 5.75 Å². The zero-order valence-electron chi connectivity index (χ0n) is 10.6. The number of ether oxygens (including phenoxy) is 1. The van der Waals surface area contributed by atoms with Gasteiger partial charge in [-0.05, 0) is 37.7 Å². The van der Waals surface area contributed by atoms with E-state index in [2.05, 4.69) is 5.32 Å². The van der Waals surface area contributed by atoms with Crippen LogP contribution in [0.4, 0.5) is 0 Å². The smallest absolute Gasteiger partial charge is 0.179 e. The van der Waals surface area contributed by atoms with E-state index < -0.39 is 9.84 Å². The molecular weight excluding hydrogens is 254 g/mol. The molecule has 0 aromatic heterocycles. The largest absolute Gasteiger partial charge is 0.497 e. The van der Waals surface area contributed by atoms with E-state index in [1.165, 1.54) is 19.2 Å². The van der Waals surface area contributed by atoms with E-state index in [1.54, 1.807) is 19.2 Å². The summed E-state index contributed by atoms with van der Waals surface area (Å²) in [6, 6.07) is 6.04. The number of hydrogen-bond acceptors (Lipinski definition) is 5.